The van der Waals surface area contributed by atoms with Crippen molar-refractivity contribution in [2.24, 2.45) is 0 Å². The Balaban J connectivity index is 1.80. The predicted octanol–water partition coefficient (Wildman–Crippen LogP) is 5.03. The molecule has 5 nitrogen and oxygen atoms in total. The van der Waals surface area contributed by atoms with Crippen LogP contribution in [0.1, 0.15) is 38.7 Å². The highest BCUT2D eigenvalue weighted by atomic mass is 127. The van der Waals surface area contributed by atoms with Crippen LogP contribution in [0.15, 0.2) is 18.3 Å². The third-order valence-electron chi connectivity index (χ3n) is 4.36. The monoisotopic (exact) mass is 495 g/mol. The Morgan fingerprint density at radius 1 is 1.42 bits per heavy atom. The molecule has 2 aromatic rings. The van der Waals surface area contributed by atoms with Crippen LogP contribution in [0.25, 0.3) is 10.9 Å². The third kappa shape index (κ3) is 4.11. The Bertz CT molecular complexity index is 824. The van der Waals surface area contributed by atoms with Crippen LogP contribution in [0.2, 0.25) is 0 Å². The third-order valence-corrected chi connectivity index (χ3v) is 6.25. The van der Waals surface area contributed by atoms with Crippen molar-refractivity contribution < 1.29 is 18.3 Å². The number of hydrogen-bond acceptors (Lipinski definition) is 3. The fourth-order valence-electron chi connectivity index (χ4n) is 3.16. The van der Waals surface area contributed by atoms with Gasteiger partial charge in [-0.1, -0.05) is 0 Å². The van der Waals surface area contributed by atoms with Gasteiger partial charge in [-0.2, -0.15) is 5.10 Å². The molecule has 1 fully saturated rings. The van der Waals surface area contributed by atoms with E-state index in [4.69, 9.17) is 4.74 Å². The molecule has 1 aromatic heterocycles. The first-order valence-corrected chi connectivity index (χ1v) is 12.4. The van der Waals surface area contributed by atoms with Crippen LogP contribution in [0.5, 0.6) is 0 Å². The number of nitrogens with zero attached hydrogens (tertiary/aromatic N) is 3. The summed E-state index contributed by atoms with van der Waals surface area (Å²) in [5.74, 6) is -1.01. The van der Waals surface area contributed by atoms with Gasteiger partial charge in [0.25, 0.3) is 0 Å². The summed E-state index contributed by atoms with van der Waals surface area (Å²) in [7, 11) is 0. The van der Waals surface area contributed by atoms with E-state index in [1.54, 1.807) is 37.5 Å². The van der Waals surface area contributed by atoms with Gasteiger partial charge in [0.2, 0.25) is 0 Å². The van der Waals surface area contributed by atoms with Crippen molar-refractivity contribution in [3.05, 3.63) is 29.7 Å². The van der Waals surface area contributed by atoms with E-state index in [-0.39, 0.29) is 6.54 Å². The number of ether oxygens (including phenoxy) is 1. The zero-order valence-corrected chi connectivity index (χ0v) is 18.0. The molecule has 3 atom stereocenters. The van der Waals surface area contributed by atoms with Crippen LogP contribution in [0, 0.1) is 5.82 Å². The van der Waals surface area contributed by atoms with E-state index in [0.717, 1.165) is 5.52 Å². The first-order chi connectivity index (χ1) is 12.2. The highest BCUT2D eigenvalue weighted by molar-refractivity contribution is 14.2. The molecular weight excluding hydrogens is 474 g/mol. The highest BCUT2D eigenvalue weighted by Crippen LogP contribution is 2.36. The fraction of sp³-hybridized carbons (Fsp3) is 0.529. The average molecular weight is 495 g/mol. The number of amides is 1. The van der Waals surface area contributed by atoms with Crippen LogP contribution < -0.4 is 0 Å². The Morgan fingerprint density at radius 2 is 2.15 bits per heavy atom. The first kappa shape index (κ1) is 19.7. The molecule has 0 radical (unpaired) electrons. The number of hydrogen-bond donors (Lipinski definition) is 0. The summed E-state index contributed by atoms with van der Waals surface area (Å²) in [6.45, 7) is 5.55. The van der Waals surface area contributed by atoms with Gasteiger partial charge in [0.1, 0.15) is 17.6 Å². The Kier molecular flexibility index (Phi) is 5.72. The molecule has 3 rings (SSSR count). The van der Waals surface area contributed by atoms with E-state index < -0.39 is 29.6 Å². The normalized spacial score (nSPS) is 21.7. The Labute approximate surface area is 165 Å². The molecule has 1 amide bonds. The molecule has 0 bridgehead atoms. The van der Waals surface area contributed by atoms with Crippen molar-refractivity contribution in [1.82, 2.24) is 14.5 Å². The van der Waals surface area contributed by atoms with Gasteiger partial charge < -0.3 is 9.64 Å². The minimum Gasteiger partial charge on any atom is -0.444 e. The molecule has 142 valence electrons. The minimum atomic E-state index is -1.35. The van der Waals surface area contributed by atoms with Crippen molar-refractivity contribution in [3.63, 3.8) is 0 Å². The van der Waals surface area contributed by atoms with Crippen molar-refractivity contribution in [3.8, 4) is 0 Å². The van der Waals surface area contributed by atoms with Gasteiger partial charge in [-0.25, -0.2) is 18.0 Å². The van der Waals surface area contributed by atoms with Gasteiger partial charge in [0.05, 0.1) is 24.6 Å². The van der Waals surface area contributed by atoms with E-state index in [1.807, 2.05) is 0 Å². The van der Waals surface area contributed by atoms with E-state index in [0.29, 0.717) is 30.3 Å². The smallest absolute Gasteiger partial charge is 0.410 e. The molecule has 1 aromatic carbocycles. The van der Waals surface area contributed by atoms with Gasteiger partial charge >= 0.3 is 6.09 Å². The molecule has 2 heterocycles. The van der Waals surface area contributed by atoms with Crippen LogP contribution in [-0.2, 0) is 4.74 Å². The van der Waals surface area contributed by atoms with Gasteiger partial charge in [0.15, 0.2) is 0 Å². The number of carbonyl (C=O) groups excluding carboxylic acids is 1. The number of alkyl halides is 1. The number of carbonyl (C=O) groups is 1. The van der Waals surface area contributed by atoms with Crippen molar-refractivity contribution in [2.75, 3.05) is 13.1 Å². The van der Waals surface area contributed by atoms with E-state index in [9.17, 15) is 13.6 Å². The van der Waals surface area contributed by atoms with Gasteiger partial charge in [-0.05, 0) is 66.9 Å². The Hall–Kier alpha value is -1.02. The van der Waals surface area contributed by atoms with E-state index in [1.165, 1.54) is 11.0 Å². The quantitative estimate of drug-likeness (QED) is 0.434. The van der Waals surface area contributed by atoms with Crippen LogP contribution in [0.4, 0.5) is 13.6 Å². The fourth-order valence-corrected chi connectivity index (χ4v) is 4.70. The number of rotatable bonds is 2. The summed E-state index contributed by atoms with van der Waals surface area (Å²) in [5, 5.41) is 4.93. The molecule has 26 heavy (non-hydrogen) atoms. The SMILES string of the molecule is CC(C)(C)OC(=O)N1CCC(c2cc3c(cnn3PI)cc2F)C(F)C1. The largest absolute Gasteiger partial charge is 0.444 e. The number of fused-ring (bicyclic) bond motifs is 1. The maximum absolute atomic E-state index is 14.8. The maximum atomic E-state index is 14.8. The number of piperidine rings is 1. The molecule has 0 N–H and O–H groups in total. The molecule has 0 saturated carbocycles. The van der Waals surface area contributed by atoms with Crippen LogP contribution in [0.3, 0.4) is 0 Å². The minimum absolute atomic E-state index is 0.0929. The van der Waals surface area contributed by atoms with Crippen molar-refractivity contribution >= 4 is 45.4 Å². The zero-order valence-electron chi connectivity index (χ0n) is 14.8. The number of halogens is 3. The first-order valence-electron chi connectivity index (χ1n) is 8.35. The molecule has 1 aliphatic rings. The van der Waals surface area contributed by atoms with Crippen molar-refractivity contribution in [1.29, 1.82) is 0 Å². The second-order valence-electron chi connectivity index (χ2n) is 7.41. The average Bonchev–Trinajstić information content (AvgIpc) is 2.94. The van der Waals surface area contributed by atoms with Gasteiger partial charge in [0, 0.05) is 17.8 Å². The highest BCUT2D eigenvalue weighted by Gasteiger charge is 2.35. The summed E-state index contributed by atoms with van der Waals surface area (Å²) in [5.41, 5.74) is 0.524. The lowest BCUT2D eigenvalue weighted by Gasteiger charge is -2.36. The van der Waals surface area contributed by atoms with E-state index in [2.05, 4.69) is 27.1 Å². The number of aromatic nitrogens is 2. The standard InChI is InChI=1S/C17H21F2IN3O2P/c1-17(2,3)25-16(24)22-5-4-11(14(19)9-22)12-7-15-10(6-13(12)18)8-21-23(15)26-20/h6-8,11,14,26H,4-5,9H2,1-3H3. The van der Waals surface area contributed by atoms with Gasteiger partial charge in [-0.15, -0.1) is 0 Å². The summed E-state index contributed by atoms with van der Waals surface area (Å²) in [6, 6.07) is 3.11. The molecule has 9 heteroatoms. The molecule has 1 aliphatic heterocycles. The number of likely N-dealkylation sites (tertiary alicyclic amines) is 1. The lowest BCUT2D eigenvalue weighted by Crippen LogP contribution is -2.46. The second kappa shape index (κ2) is 7.54. The Morgan fingerprint density at radius 3 is 2.77 bits per heavy atom. The number of benzene rings is 1. The van der Waals surface area contributed by atoms with E-state index >= 15 is 0 Å². The molecule has 0 spiro atoms. The molecule has 0 aliphatic carbocycles. The summed E-state index contributed by atoms with van der Waals surface area (Å²) in [4.78, 5) is 13.5. The van der Waals surface area contributed by atoms with Crippen LogP contribution >= 0.6 is 28.4 Å². The van der Waals surface area contributed by atoms with Gasteiger partial charge in [-0.3, -0.25) is 0 Å². The van der Waals surface area contributed by atoms with Crippen LogP contribution in [-0.4, -0.2) is 45.4 Å². The second-order valence-corrected chi connectivity index (χ2v) is 9.45. The lowest BCUT2D eigenvalue weighted by molar-refractivity contribution is 0.0110. The lowest BCUT2D eigenvalue weighted by atomic mass is 9.87. The summed E-state index contributed by atoms with van der Waals surface area (Å²) in [6.07, 6.45) is 0.474. The topological polar surface area (TPSA) is 47.4 Å². The molecule has 3 unspecified atom stereocenters. The molecule has 1 saturated heterocycles. The summed E-state index contributed by atoms with van der Waals surface area (Å²) < 4.78 is 36.5. The maximum Gasteiger partial charge on any atom is 0.410 e. The molecular formula is C17H21F2IN3O2P. The zero-order chi connectivity index (χ0) is 19.1. The van der Waals surface area contributed by atoms with Crippen molar-refractivity contribution in [2.45, 2.75) is 44.9 Å². The predicted molar refractivity (Wildman–Crippen MR) is 107 cm³/mol. The summed E-state index contributed by atoms with van der Waals surface area (Å²) >= 11 is 2.20.